The zero-order valence-corrected chi connectivity index (χ0v) is 21.3. The Labute approximate surface area is 211 Å². The first kappa shape index (κ1) is 24.2. The van der Waals surface area contributed by atoms with Crippen molar-refractivity contribution in [1.82, 2.24) is 9.29 Å². The normalized spacial score (nSPS) is 13.2. The summed E-state index contributed by atoms with van der Waals surface area (Å²) in [5.74, 6) is 1.86. The summed E-state index contributed by atoms with van der Waals surface area (Å²) in [5, 5.41) is 2.57. The van der Waals surface area contributed by atoms with Crippen LogP contribution in [0.3, 0.4) is 0 Å². The summed E-state index contributed by atoms with van der Waals surface area (Å²) in [6.45, 7) is 0.729. The quantitative estimate of drug-likeness (QED) is 0.371. The van der Waals surface area contributed by atoms with Gasteiger partial charge in [-0.25, -0.2) is 8.42 Å². The van der Waals surface area contributed by atoms with E-state index in [1.807, 2.05) is 17.5 Å². The molecule has 5 rings (SSSR count). The van der Waals surface area contributed by atoms with Crippen LogP contribution < -0.4 is 24.5 Å². The molecular formula is C25H24N2O7S2. The second-order valence-electron chi connectivity index (χ2n) is 8.08. The van der Waals surface area contributed by atoms with Gasteiger partial charge in [0.05, 0.1) is 24.6 Å². The molecule has 1 aliphatic heterocycles. The molecule has 2 aromatic heterocycles. The Morgan fingerprint density at radius 3 is 2.44 bits per heavy atom. The van der Waals surface area contributed by atoms with E-state index in [1.165, 1.54) is 42.0 Å². The molecule has 36 heavy (non-hydrogen) atoms. The predicted molar refractivity (Wildman–Crippen MR) is 136 cm³/mol. The maximum Gasteiger partial charge on any atom is 0.252 e. The van der Waals surface area contributed by atoms with Crippen LogP contribution in [0.25, 0.3) is 10.9 Å². The molecule has 0 spiro atoms. The predicted octanol–water partition coefficient (Wildman–Crippen LogP) is 3.77. The topological polar surface area (TPSA) is 107 Å². The molecule has 0 unspecified atom stereocenters. The molecule has 0 fully saturated rings. The number of aromatic nitrogens is 1. The van der Waals surface area contributed by atoms with E-state index >= 15 is 0 Å². The van der Waals surface area contributed by atoms with Crippen molar-refractivity contribution in [3.8, 4) is 23.0 Å². The monoisotopic (exact) mass is 528 g/mol. The van der Waals surface area contributed by atoms with Crippen LogP contribution in [0.4, 0.5) is 0 Å². The Balaban J connectivity index is 1.55. The fraction of sp³-hybridized carbons (Fsp3) is 0.240. The highest BCUT2D eigenvalue weighted by molar-refractivity contribution is 7.89. The van der Waals surface area contributed by atoms with Crippen molar-refractivity contribution < 1.29 is 27.4 Å². The second kappa shape index (κ2) is 9.84. The zero-order valence-electron chi connectivity index (χ0n) is 19.6. The minimum Gasteiger partial charge on any atom is -0.493 e. The molecule has 0 saturated carbocycles. The van der Waals surface area contributed by atoms with Gasteiger partial charge < -0.3 is 23.9 Å². The molecule has 0 saturated heterocycles. The molecule has 0 amide bonds. The Kier molecular flexibility index (Phi) is 6.61. The molecule has 4 aromatic rings. The lowest BCUT2D eigenvalue weighted by Crippen LogP contribution is -2.32. The van der Waals surface area contributed by atoms with Crippen LogP contribution in [0.1, 0.15) is 10.4 Å². The third kappa shape index (κ3) is 4.64. The van der Waals surface area contributed by atoms with Gasteiger partial charge in [0.2, 0.25) is 10.0 Å². The van der Waals surface area contributed by atoms with E-state index in [1.54, 1.807) is 24.3 Å². The molecule has 2 aromatic carbocycles. The van der Waals surface area contributed by atoms with Crippen molar-refractivity contribution in [3.05, 3.63) is 74.7 Å². The first-order valence-electron chi connectivity index (χ1n) is 11.1. The Bertz CT molecular complexity index is 1560. The summed E-state index contributed by atoms with van der Waals surface area (Å²) in [4.78, 5) is 16.7. The molecule has 0 bridgehead atoms. The van der Waals surface area contributed by atoms with Crippen LogP contribution in [-0.2, 0) is 23.1 Å². The number of fused-ring (bicyclic) bond motifs is 2. The van der Waals surface area contributed by atoms with Crippen LogP contribution in [0.5, 0.6) is 23.0 Å². The SMILES string of the molecule is COc1cc2cc(CN(Cc3cccs3)S(=O)(=O)c3ccc4c(c3)OCCO4)c(=O)[nH]c2cc1OC. The highest BCUT2D eigenvalue weighted by Crippen LogP contribution is 2.34. The molecule has 0 radical (unpaired) electrons. The minimum atomic E-state index is -4.00. The van der Waals surface area contributed by atoms with E-state index in [4.69, 9.17) is 18.9 Å². The highest BCUT2D eigenvalue weighted by Gasteiger charge is 2.28. The van der Waals surface area contributed by atoms with Gasteiger partial charge in [0.1, 0.15) is 13.2 Å². The lowest BCUT2D eigenvalue weighted by molar-refractivity contribution is 0.171. The number of ether oxygens (including phenoxy) is 4. The van der Waals surface area contributed by atoms with Gasteiger partial charge in [-0.15, -0.1) is 11.3 Å². The highest BCUT2D eigenvalue weighted by atomic mass is 32.2. The number of sulfonamides is 1. The van der Waals surface area contributed by atoms with E-state index in [0.717, 1.165) is 4.88 Å². The number of rotatable bonds is 8. The molecule has 3 heterocycles. The summed E-state index contributed by atoms with van der Waals surface area (Å²) in [6, 6.07) is 13.4. The summed E-state index contributed by atoms with van der Waals surface area (Å²) < 4.78 is 50.7. The third-order valence-electron chi connectivity index (χ3n) is 5.84. The van der Waals surface area contributed by atoms with E-state index in [9.17, 15) is 13.2 Å². The number of thiophene rings is 1. The largest absolute Gasteiger partial charge is 0.493 e. The van der Waals surface area contributed by atoms with Crippen LogP contribution >= 0.6 is 11.3 Å². The van der Waals surface area contributed by atoms with E-state index < -0.39 is 10.0 Å². The molecule has 11 heteroatoms. The molecular weight excluding hydrogens is 504 g/mol. The minimum absolute atomic E-state index is 0.0620. The van der Waals surface area contributed by atoms with Gasteiger partial charge in [0.25, 0.3) is 5.56 Å². The van der Waals surface area contributed by atoms with Gasteiger partial charge in [-0.2, -0.15) is 4.31 Å². The van der Waals surface area contributed by atoms with Gasteiger partial charge >= 0.3 is 0 Å². The van der Waals surface area contributed by atoms with Crippen molar-refractivity contribution >= 4 is 32.3 Å². The van der Waals surface area contributed by atoms with Crippen molar-refractivity contribution in [1.29, 1.82) is 0 Å². The third-order valence-corrected chi connectivity index (χ3v) is 8.48. The maximum atomic E-state index is 13.8. The number of nitrogens with zero attached hydrogens (tertiary/aromatic N) is 1. The van der Waals surface area contributed by atoms with Crippen molar-refractivity contribution in [2.75, 3.05) is 27.4 Å². The van der Waals surface area contributed by atoms with Crippen molar-refractivity contribution in [3.63, 3.8) is 0 Å². The van der Waals surface area contributed by atoms with Gasteiger partial charge in [-0.05, 0) is 35.7 Å². The number of aromatic amines is 1. The van der Waals surface area contributed by atoms with Crippen LogP contribution in [0.15, 0.2) is 63.6 Å². The Morgan fingerprint density at radius 1 is 0.972 bits per heavy atom. The van der Waals surface area contributed by atoms with Crippen LogP contribution in [0.2, 0.25) is 0 Å². The average Bonchev–Trinajstić information content (AvgIpc) is 3.41. The Morgan fingerprint density at radius 2 is 1.72 bits per heavy atom. The number of hydrogen-bond acceptors (Lipinski definition) is 8. The fourth-order valence-electron chi connectivity index (χ4n) is 4.02. The average molecular weight is 529 g/mol. The molecule has 0 aliphatic carbocycles. The van der Waals surface area contributed by atoms with E-state index in [2.05, 4.69) is 4.98 Å². The lowest BCUT2D eigenvalue weighted by atomic mass is 10.1. The summed E-state index contributed by atoms with van der Waals surface area (Å²) in [5.41, 5.74) is 0.469. The number of hydrogen-bond donors (Lipinski definition) is 1. The number of H-pyrrole nitrogens is 1. The van der Waals surface area contributed by atoms with Crippen LogP contribution in [-0.4, -0.2) is 45.1 Å². The first-order chi connectivity index (χ1) is 17.4. The summed E-state index contributed by atoms with van der Waals surface area (Å²) >= 11 is 1.44. The van der Waals surface area contributed by atoms with E-state index in [-0.39, 0.29) is 23.5 Å². The summed E-state index contributed by atoms with van der Waals surface area (Å²) in [6.07, 6.45) is 0. The number of methoxy groups -OCH3 is 2. The molecule has 1 aliphatic rings. The molecule has 0 atom stereocenters. The van der Waals surface area contributed by atoms with Gasteiger partial charge in [-0.1, -0.05) is 6.07 Å². The van der Waals surface area contributed by atoms with Gasteiger partial charge in [-0.3, -0.25) is 4.79 Å². The van der Waals surface area contributed by atoms with Crippen LogP contribution in [0, 0.1) is 0 Å². The van der Waals surface area contributed by atoms with Crippen molar-refractivity contribution in [2.24, 2.45) is 0 Å². The summed E-state index contributed by atoms with van der Waals surface area (Å²) in [7, 11) is -0.953. The number of nitrogens with one attached hydrogen (secondary N) is 1. The molecule has 188 valence electrons. The Hall–Kier alpha value is -3.54. The molecule has 9 nitrogen and oxygen atoms in total. The van der Waals surface area contributed by atoms with Gasteiger partial charge in [0, 0.05) is 41.0 Å². The smallest absolute Gasteiger partial charge is 0.252 e. The second-order valence-corrected chi connectivity index (χ2v) is 11.0. The fourth-order valence-corrected chi connectivity index (χ4v) is 6.23. The van der Waals surface area contributed by atoms with E-state index in [0.29, 0.717) is 52.7 Å². The zero-order chi connectivity index (χ0) is 25.3. The first-order valence-corrected chi connectivity index (χ1v) is 13.4. The number of benzene rings is 2. The molecule has 1 N–H and O–H groups in total. The van der Waals surface area contributed by atoms with Crippen molar-refractivity contribution in [2.45, 2.75) is 18.0 Å². The maximum absolute atomic E-state index is 13.8. The number of pyridine rings is 1. The van der Waals surface area contributed by atoms with Gasteiger partial charge in [0.15, 0.2) is 23.0 Å². The standard InChI is InChI=1S/C25H24N2O7S2/c1-31-22-11-16-10-17(25(28)26-20(16)13-23(22)32-2)14-27(15-18-4-3-9-35-18)36(29,30)19-5-6-21-24(12-19)34-8-7-33-21/h3-6,9-13H,7-8,14-15H2,1-2H3,(H,26,28). The lowest BCUT2D eigenvalue weighted by Gasteiger charge is -2.23.